The van der Waals surface area contributed by atoms with Crippen LogP contribution < -0.4 is 4.74 Å². The average Bonchev–Trinajstić information content (AvgIpc) is 2.99. The molecule has 0 unspecified atom stereocenters. The van der Waals surface area contributed by atoms with E-state index in [9.17, 15) is 39.5 Å². The highest BCUT2D eigenvalue weighted by Gasteiger charge is 2.43. The molecule has 1 aliphatic carbocycles. The third kappa shape index (κ3) is 8.05. The third-order valence-corrected chi connectivity index (χ3v) is 9.00. The number of benzene rings is 4. The van der Waals surface area contributed by atoms with Crippen LogP contribution in [0, 0.1) is 40.8 Å². The first-order chi connectivity index (χ1) is 23.1. The van der Waals surface area contributed by atoms with Gasteiger partial charge in [-0.3, -0.25) is 0 Å². The minimum absolute atomic E-state index is 0.0862. The summed E-state index contributed by atoms with van der Waals surface area (Å²) in [4.78, 5) is 0. The molecular formula is C37H31F11O. The van der Waals surface area contributed by atoms with Gasteiger partial charge in [-0.05, 0) is 78.5 Å². The summed E-state index contributed by atoms with van der Waals surface area (Å²) in [5, 5.41) is 0. The normalized spacial score (nSPS) is 17.0. The maximum Gasteiger partial charge on any atom is 0.432 e. The Bertz CT molecular complexity index is 1760. The van der Waals surface area contributed by atoms with Crippen LogP contribution in [0.3, 0.4) is 0 Å². The predicted molar refractivity (Wildman–Crippen MR) is 162 cm³/mol. The molecule has 0 aromatic heterocycles. The molecule has 262 valence electrons. The minimum Gasteiger partial charge on any atom is -0.429 e. The molecule has 12 heteroatoms. The van der Waals surface area contributed by atoms with Crippen LogP contribution in [0.2, 0.25) is 0 Å². The maximum atomic E-state index is 15.3. The van der Waals surface area contributed by atoms with Gasteiger partial charge in [-0.25, -0.2) is 26.3 Å². The van der Waals surface area contributed by atoms with E-state index in [1.165, 1.54) is 43.9 Å². The molecule has 4 aromatic carbocycles. The van der Waals surface area contributed by atoms with Crippen molar-refractivity contribution >= 4 is 0 Å². The molecule has 1 fully saturated rings. The van der Waals surface area contributed by atoms with Gasteiger partial charge in [0.2, 0.25) is 0 Å². The lowest BCUT2D eigenvalue weighted by Crippen LogP contribution is -2.25. The summed E-state index contributed by atoms with van der Waals surface area (Å²) in [6.07, 6.45) is -1.59. The largest absolute Gasteiger partial charge is 0.432 e. The van der Waals surface area contributed by atoms with Crippen molar-refractivity contribution in [2.75, 3.05) is 0 Å². The van der Waals surface area contributed by atoms with Crippen LogP contribution in [-0.4, -0.2) is 0 Å². The number of hydrogen-bond donors (Lipinski definition) is 0. The van der Waals surface area contributed by atoms with E-state index in [0.717, 1.165) is 43.4 Å². The second-order valence-corrected chi connectivity index (χ2v) is 12.3. The smallest absolute Gasteiger partial charge is 0.429 e. The Hall–Kier alpha value is -4.09. The van der Waals surface area contributed by atoms with Gasteiger partial charge in [0.15, 0.2) is 0 Å². The van der Waals surface area contributed by atoms with Crippen LogP contribution in [0.1, 0.15) is 80.9 Å². The van der Waals surface area contributed by atoms with Gasteiger partial charge in [-0.1, -0.05) is 56.9 Å². The Morgan fingerprint density at radius 3 is 1.67 bits per heavy atom. The highest BCUT2D eigenvalue weighted by atomic mass is 19.4. The molecule has 0 atom stereocenters. The van der Waals surface area contributed by atoms with Crippen LogP contribution in [0.15, 0.2) is 60.7 Å². The van der Waals surface area contributed by atoms with Crippen molar-refractivity contribution in [1.82, 2.24) is 0 Å². The first-order valence-electron chi connectivity index (χ1n) is 15.8. The quantitative estimate of drug-likeness (QED) is 0.118. The Labute approximate surface area is 275 Å². The predicted octanol–water partition coefficient (Wildman–Crippen LogP) is 12.9. The highest BCUT2D eigenvalue weighted by Crippen LogP contribution is 2.42. The molecule has 0 N–H and O–H groups in total. The molecule has 1 aliphatic rings. The molecular weight excluding hydrogens is 669 g/mol. The van der Waals surface area contributed by atoms with Gasteiger partial charge in [0, 0.05) is 23.3 Å². The molecule has 0 spiro atoms. The van der Waals surface area contributed by atoms with Crippen LogP contribution in [-0.2, 0) is 12.3 Å². The Morgan fingerprint density at radius 1 is 0.592 bits per heavy atom. The van der Waals surface area contributed by atoms with Gasteiger partial charge in [0.1, 0.15) is 51.8 Å². The summed E-state index contributed by atoms with van der Waals surface area (Å²) in [5.74, 6) is -10.7. The molecule has 0 saturated heterocycles. The summed E-state index contributed by atoms with van der Waals surface area (Å²) in [6, 6.07) is 8.39. The topological polar surface area (TPSA) is 9.23 Å². The SMILES string of the molecule is CCCCCC1CCC(c2ccc(-c3ccc(-c4cc(F)c(C(F)(F)Oc5cc(F)c(C(F)(F)F)c(F)c5)c(F)c4)c(F)c3)c(F)c2)CC1. The molecule has 4 aromatic rings. The molecule has 0 amide bonds. The molecule has 5 rings (SSSR count). The standard InChI is InChI=1S/C37H31F11O/c1-2-3-4-5-20-6-8-21(9-7-20)22-10-12-26(28(38)14-22)23-11-13-27(29(39)15-23)24-16-30(40)35(31(41)17-24)37(47,48)49-25-18-32(42)34(33(43)19-25)36(44,45)46/h10-21H,2-9H2,1H3. The number of unbranched alkanes of at least 4 members (excludes halogenated alkanes) is 2. The van der Waals surface area contributed by atoms with Crippen molar-refractivity contribution in [3.8, 4) is 28.0 Å². The number of hydrogen-bond acceptors (Lipinski definition) is 1. The zero-order chi connectivity index (χ0) is 35.7. The molecule has 0 heterocycles. The number of alkyl halides is 5. The maximum absolute atomic E-state index is 15.3. The second kappa shape index (κ2) is 14.4. The van der Waals surface area contributed by atoms with E-state index >= 15 is 8.78 Å². The lowest BCUT2D eigenvalue weighted by Gasteiger charge is -2.29. The summed E-state index contributed by atoms with van der Waals surface area (Å²) in [6.45, 7) is 2.17. The average molecular weight is 701 g/mol. The first-order valence-corrected chi connectivity index (χ1v) is 15.8. The number of ether oxygens (including phenoxy) is 1. The molecule has 0 aliphatic heterocycles. The Balaban J connectivity index is 1.33. The fourth-order valence-corrected chi connectivity index (χ4v) is 6.49. The Morgan fingerprint density at radius 2 is 1.12 bits per heavy atom. The second-order valence-electron chi connectivity index (χ2n) is 12.3. The van der Waals surface area contributed by atoms with Crippen molar-refractivity contribution in [3.63, 3.8) is 0 Å². The van der Waals surface area contributed by atoms with Gasteiger partial charge < -0.3 is 4.74 Å². The summed E-state index contributed by atoms with van der Waals surface area (Å²) >= 11 is 0. The summed E-state index contributed by atoms with van der Waals surface area (Å²) in [7, 11) is 0. The van der Waals surface area contributed by atoms with Crippen molar-refractivity contribution < 1.29 is 53.0 Å². The van der Waals surface area contributed by atoms with Gasteiger partial charge in [0.05, 0.1) is 0 Å². The van der Waals surface area contributed by atoms with Gasteiger partial charge in [-0.2, -0.15) is 22.0 Å². The van der Waals surface area contributed by atoms with E-state index in [2.05, 4.69) is 11.7 Å². The highest BCUT2D eigenvalue weighted by molar-refractivity contribution is 5.72. The fraction of sp³-hybridized carbons (Fsp3) is 0.351. The van der Waals surface area contributed by atoms with Crippen molar-refractivity contribution in [1.29, 1.82) is 0 Å². The molecule has 0 radical (unpaired) electrons. The van der Waals surface area contributed by atoms with Crippen LogP contribution in [0.25, 0.3) is 22.3 Å². The third-order valence-electron chi connectivity index (χ3n) is 9.00. The molecule has 1 nitrogen and oxygen atoms in total. The van der Waals surface area contributed by atoms with E-state index in [0.29, 0.717) is 18.1 Å². The van der Waals surface area contributed by atoms with Gasteiger partial charge in [0.25, 0.3) is 0 Å². The van der Waals surface area contributed by atoms with Crippen molar-refractivity contribution in [3.05, 3.63) is 112 Å². The van der Waals surface area contributed by atoms with Crippen molar-refractivity contribution in [2.24, 2.45) is 5.92 Å². The molecule has 0 bridgehead atoms. The zero-order valence-electron chi connectivity index (χ0n) is 26.2. The van der Waals surface area contributed by atoms with Crippen LogP contribution in [0.4, 0.5) is 48.3 Å². The Kier molecular flexibility index (Phi) is 10.6. The zero-order valence-corrected chi connectivity index (χ0v) is 26.2. The summed E-state index contributed by atoms with van der Waals surface area (Å²) in [5.41, 5.74) is -4.29. The first kappa shape index (κ1) is 36.2. The van der Waals surface area contributed by atoms with E-state index in [1.54, 1.807) is 6.07 Å². The van der Waals surface area contributed by atoms with Gasteiger partial charge >= 0.3 is 12.3 Å². The monoisotopic (exact) mass is 700 g/mol. The molecule has 1 saturated carbocycles. The van der Waals surface area contributed by atoms with E-state index < -0.39 is 75.2 Å². The number of halogens is 11. The summed E-state index contributed by atoms with van der Waals surface area (Å²) < 4.78 is 160. The van der Waals surface area contributed by atoms with E-state index in [1.807, 2.05) is 0 Å². The number of rotatable bonds is 10. The van der Waals surface area contributed by atoms with Crippen LogP contribution in [0.5, 0.6) is 5.75 Å². The van der Waals surface area contributed by atoms with E-state index in [4.69, 9.17) is 0 Å². The lowest BCUT2D eigenvalue weighted by molar-refractivity contribution is -0.189. The van der Waals surface area contributed by atoms with Crippen molar-refractivity contribution in [2.45, 2.75) is 76.5 Å². The fourth-order valence-electron chi connectivity index (χ4n) is 6.49. The molecule has 49 heavy (non-hydrogen) atoms. The van der Waals surface area contributed by atoms with Gasteiger partial charge in [-0.15, -0.1) is 0 Å². The minimum atomic E-state index is -5.50. The van der Waals surface area contributed by atoms with Crippen LogP contribution >= 0.6 is 0 Å². The van der Waals surface area contributed by atoms with E-state index in [-0.39, 0.29) is 29.2 Å². The lowest BCUT2D eigenvalue weighted by atomic mass is 9.77.